The van der Waals surface area contributed by atoms with Crippen molar-refractivity contribution in [2.75, 3.05) is 6.54 Å². The number of hydrogen-bond acceptors (Lipinski definition) is 2. The van der Waals surface area contributed by atoms with Gasteiger partial charge in [-0.2, -0.15) is 0 Å². The lowest BCUT2D eigenvalue weighted by Gasteiger charge is -2.14. The van der Waals surface area contributed by atoms with E-state index >= 15 is 0 Å². The highest BCUT2D eigenvalue weighted by molar-refractivity contribution is 4.61. The molecule has 0 bridgehead atoms. The minimum atomic E-state index is -0.171. The third kappa shape index (κ3) is 10.0. The highest BCUT2D eigenvalue weighted by atomic mass is 16.3. The number of hydrogen-bond donors (Lipinski definition) is 2. The van der Waals surface area contributed by atoms with Gasteiger partial charge in [0, 0.05) is 6.04 Å². The van der Waals surface area contributed by atoms with Crippen molar-refractivity contribution in [1.82, 2.24) is 5.32 Å². The first-order valence-electron chi connectivity index (χ1n) is 6.08. The fourth-order valence-corrected chi connectivity index (χ4v) is 1.52. The molecule has 0 aromatic heterocycles. The Bertz CT molecular complexity index is 115. The lowest BCUT2D eigenvalue weighted by Crippen LogP contribution is -2.28. The van der Waals surface area contributed by atoms with E-state index in [0.717, 1.165) is 13.0 Å². The van der Waals surface area contributed by atoms with Crippen LogP contribution in [0.2, 0.25) is 0 Å². The van der Waals surface area contributed by atoms with E-state index in [1.54, 1.807) is 0 Å². The topological polar surface area (TPSA) is 32.3 Å². The second-order valence-electron chi connectivity index (χ2n) is 4.34. The summed E-state index contributed by atoms with van der Waals surface area (Å²) in [6, 6.07) is 0.602. The van der Waals surface area contributed by atoms with Crippen LogP contribution in [0.5, 0.6) is 0 Å². The molecule has 0 aliphatic heterocycles. The molecule has 0 aromatic rings. The van der Waals surface area contributed by atoms with Crippen LogP contribution >= 0.6 is 0 Å². The van der Waals surface area contributed by atoms with Crippen LogP contribution in [0, 0.1) is 0 Å². The molecular weight excluding hydrogens is 174 g/mol. The first-order chi connectivity index (χ1) is 6.66. The predicted molar refractivity (Wildman–Crippen MR) is 62.5 cm³/mol. The third-order valence-corrected chi connectivity index (χ3v) is 2.55. The zero-order valence-corrected chi connectivity index (χ0v) is 10.1. The molecule has 0 saturated carbocycles. The van der Waals surface area contributed by atoms with Crippen molar-refractivity contribution in [3.63, 3.8) is 0 Å². The molecule has 0 aliphatic carbocycles. The molecule has 0 fully saturated rings. The molecule has 0 radical (unpaired) electrons. The van der Waals surface area contributed by atoms with E-state index in [2.05, 4.69) is 19.2 Å². The zero-order chi connectivity index (χ0) is 10.8. The van der Waals surface area contributed by atoms with Gasteiger partial charge >= 0.3 is 0 Å². The quantitative estimate of drug-likeness (QED) is 0.562. The number of aliphatic hydroxyl groups excluding tert-OH is 1. The lowest BCUT2D eigenvalue weighted by atomic mass is 10.1. The second kappa shape index (κ2) is 9.47. The van der Waals surface area contributed by atoms with Crippen LogP contribution < -0.4 is 5.32 Å². The summed E-state index contributed by atoms with van der Waals surface area (Å²) < 4.78 is 0. The molecule has 2 heteroatoms. The fraction of sp³-hybridized carbons (Fsp3) is 1.00. The van der Waals surface area contributed by atoms with Gasteiger partial charge in [0.2, 0.25) is 0 Å². The average molecular weight is 201 g/mol. The summed E-state index contributed by atoms with van der Waals surface area (Å²) in [6.45, 7) is 7.25. The SMILES string of the molecule is CCCCCC[C@@H](C)NCC[C@H](C)O. The summed E-state index contributed by atoms with van der Waals surface area (Å²) in [5.74, 6) is 0. The maximum atomic E-state index is 9.07. The summed E-state index contributed by atoms with van der Waals surface area (Å²) in [5.41, 5.74) is 0. The first kappa shape index (κ1) is 13.9. The van der Waals surface area contributed by atoms with Gasteiger partial charge in [0.1, 0.15) is 0 Å². The minimum absolute atomic E-state index is 0.171. The highest BCUT2D eigenvalue weighted by Crippen LogP contribution is 2.05. The van der Waals surface area contributed by atoms with Gasteiger partial charge in [-0.05, 0) is 33.2 Å². The van der Waals surface area contributed by atoms with Gasteiger partial charge in [-0.1, -0.05) is 32.6 Å². The van der Waals surface area contributed by atoms with Gasteiger partial charge in [0.15, 0.2) is 0 Å². The van der Waals surface area contributed by atoms with Crippen LogP contribution in [0.25, 0.3) is 0 Å². The van der Waals surface area contributed by atoms with Gasteiger partial charge in [-0.3, -0.25) is 0 Å². The standard InChI is InChI=1S/C12H27NO/c1-4-5-6-7-8-11(2)13-10-9-12(3)14/h11-14H,4-10H2,1-3H3/t11-,12+/m1/s1. The van der Waals surface area contributed by atoms with E-state index in [4.69, 9.17) is 5.11 Å². The predicted octanol–water partition coefficient (Wildman–Crippen LogP) is 2.71. The number of unbranched alkanes of at least 4 members (excludes halogenated alkanes) is 3. The first-order valence-corrected chi connectivity index (χ1v) is 6.08. The van der Waals surface area contributed by atoms with Gasteiger partial charge in [-0.15, -0.1) is 0 Å². The summed E-state index contributed by atoms with van der Waals surface area (Å²) in [4.78, 5) is 0. The zero-order valence-electron chi connectivity index (χ0n) is 10.1. The van der Waals surface area contributed by atoms with Gasteiger partial charge in [0.25, 0.3) is 0 Å². The lowest BCUT2D eigenvalue weighted by molar-refractivity contribution is 0.182. The molecule has 0 aliphatic rings. The maximum Gasteiger partial charge on any atom is 0.0524 e. The van der Waals surface area contributed by atoms with Crippen LogP contribution in [-0.2, 0) is 0 Å². The molecule has 2 atom stereocenters. The largest absolute Gasteiger partial charge is 0.393 e. The molecule has 0 amide bonds. The Morgan fingerprint density at radius 1 is 1.07 bits per heavy atom. The van der Waals surface area contributed by atoms with Crippen molar-refractivity contribution in [3.8, 4) is 0 Å². The molecule has 0 rings (SSSR count). The molecule has 0 unspecified atom stereocenters. The van der Waals surface area contributed by atoms with Crippen molar-refractivity contribution < 1.29 is 5.11 Å². The van der Waals surface area contributed by atoms with Gasteiger partial charge in [0.05, 0.1) is 6.10 Å². The smallest absolute Gasteiger partial charge is 0.0524 e. The summed E-state index contributed by atoms with van der Waals surface area (Å²) in [6.07, 6.45) is 7.31. The second-order valence-corrected chi connectivity index (χ2v) is 4.34. The number of aliphatic hydroxyl groups is 1. The summed E-state index contributed by atoms with van der Waals surface area (Å²) >= 11 is 0. The third-order valence-electron chi connectivity index (χ3n) is 2.55. The van der Waals surface area contributed by atoms with E-state index in [1.165, 1.54) is 32.1 Å². The van der Waals surface area contributed by atoms with Crippen molar-refractivity contribution in [3.05, 3.63) is 0 Å². The van der Waals surface area contributed by atoms with Crippen molar-refractivity contribution in [2.45, 2.75) is 71.4 Å². The number of nitrogens with one attached hydrogen (secondary N) is 1. The van der Waals surface area contributed by atoms with Crippen molar-refractivity contribution in [1.29, 1.82) is 0 Å². The fourth-order valence-electron chi connectivity index (χ4n) is 1.52. The molecule has 2 nitrogen and oxygen atoms in total. The summed E-state index contributed by atoms with van der Waals surface area (Å²) in [5, 5.41) is 12.5. The minimum Gasteiger partial charge on any atom is -0.393 e. The molecule has 0 spiro atoms. The maximum absolute atomic E-state index is 9.07. The Morgan fingerprint density at radius 3 is 2.36 bits per heavy atom. The molecule has 86 valence electrons. The Morgan fingerprint density at radius 2 is 1.79 bits per heavy atom. The Hall–Kier alpha value is -0.0800. The Labute approximate surface area is 89.1 Å². The van der Waals surface area contributed by atoms with Crippen LogP contribution in [-0.4, -0.2) is 23.8 Å². The van der Waals surface area contributed by atoms with Gasteiger partial charge in [-0.25, -0.2) is 0 Å². The van der Waals surface area contributed by atoms with E-state index < -0.39 is 0 Å². The molecule has 0 saturated heterocycles. The van der Waals surface area contributed by atoms with Crippen LogP contribution in [0.1, 0.15) is 59.3 Å². The molecular formula is C12H27NO. The van der Waals surface area contributed by atoms with Crippen LogP contribution in [0.4, 0.5) is 0 Å². The van der Waals surface area contributed by atoms with Gasteiger partial charge < -0.3 is 10.4 Å². The normalized spacial score (nSPS) is 15.4. The van der Waals surface area contributed by atoms with E-state index in [1.807, 2.05) is 6.92 Å². The van der Waals surface area contributed by atoms with Crippen molar-refractivity contribution in [2.24, 2.45) is 0 Å². The van der Waals surface area contributed by atoms with Crippen molar-refractivity contribution >= 4 is 0 Å². The highest BCUT2D eigenvalue weighted by Gasteiger charge is 2.01. The van der Waals surface area contributed by atoms with E-state index in [0.29, 0.717) is 6.04 Å². The molecule has 14 heavy (non-hydrogen) atoms. The Balaban J connectivity index is 3.15. The van der Waals surface area contributed by atoms with Crippen LogP contribution in [0.15, 0.2) is 0 Å². The molecule has 0 heterocycles. The summed E-state index contributed by atoms with van der Waals surface area (Å²) in [7, 11) is 0. The van der Waals surface area contributed by atoms with Crippen LogP contribution in [0.3, 0.4) is 0 Å². The molecule has 0 aromatic carbocycles. The average Bonchev–Trinajstić information content (AvgIpc) is 2.12. The van der Waals surface area contributed by atoms with E-state index in [9.17, 15) is 0 Å². The van der Waals surface area contributed by atoms with E-state index in [-0.39, 0.29) is 6.10 Å². The Kier molecular flexibility index (Phi) is 9.42. The monoisotopic (exact) mass is 201 g/mol. The number of rotatable bonds is 9. The molecule has 2 N–H and O–H groups in total.